The number of amidine groups is 1. The third-order valence-corrected chi connectivity index (χ3v) is 6.21. The summed E-state index contributed by atoms with van der Waals surface area (Å²) in [5.74, 6) is 1.40. The highest BCUT2D eigenvalue weighted by atomic mass is 19.1. The molecule has 1 aromatic heterocycles. The zero-order valence-electron chi connectivity index (χ0n) is 20.6. The van der Waals surface area contributed by atoms with Gasteiger partial charge in [-0.25, -0.2) is 9.37 Å². The minimum atomic E-state index is -0.421. The lowest BCUT2D eigenvalue weighted by atomic mass is 10.1. The summed E-state index contributed by atoms with van der Waals surface area (Å²) < 4.78 is 27.0. The van der Waals surface area contributed by atoms with Gasteiger partial charge in [-0.3, -0.25) is 5.41 Å². The van der Waals surface area contributed by atoms with Crippen molar-refractivity contribution in [3.8, 4) is 11.5 Å². The molecule has 186 valence electrons. The second kappa shape index (κ2) is 10.8. The molecule has 3 aromatic rings. The van der Waals surface area contributed by atoms with E-state index in [-0.39, 0.29) is 24.2 Å². The van der Waals surface area contributed by atoms with Gasteiger partial charge in [0.2, 0.25) is 5.95 Å². The van der Waals surface area contributed by atoms with Crippen molar-refractivity contribution in [1.29, 1.82) is 5.41 Å². The van der Waals surface area contributed by atoms with Gasteiger partial charge in [0.05, 0.1) is 25.5 Å². The minimum absolute atomic E-state index is 0.00412. The predicted molar refractivity (Wildman–Crippen MR) is 136 cm³/mol. The molecule has 1 saturated carbocycles. The van der Waals surface area contributed by atoms with Crippen molar-refractivity contribution in [2.45, 2.75) is 65.0 Å². The lowest BCUT2D eigenvalue weighted by Crippen LogP contribution is -2.20. The number of H-pyrrole nitrogens is 1. The lowest BCUT2D eigenvalue weighted by Gasteiger charge is -2.24. The van der Waals surface area contributed by atoms with Crippen LogP contribution in [0.3, 0.4) is 0 Å². The Hall–Kier alpha value is -3.55. The van der Waals surface area contributed by atoms with Crippen LogP contribution >= 0.6 is 0 Å². The maximum absolute atomic E-state index is 15.6. The van der Waals surface area contributed by atoms with Crippen molar-refractivity contribution in [2.75, 3.05) is 11.5 Å². The summed E-state index contributed by atoms with van der Waals surface area (Å²) in [7, 11) is 0. The highest BCUT2D eigenvalue weighted by Gasteiger charge is 2.23. The standard InChI is InChI=1S/C27H34FN5O2/c1-4-34-22-13-20(25(28)24(14-22)35-17(2)3)16-33(21-11-9-19(10-12-21)26(29)30)27-31-15-23(32-27)18-7-5-6-8-18/h9-15,17-18H,4-8,16H2,1-3H3,(H3,29,30)(H,31,32). The molecule has 1 fully saturated rings. The first-order chi connectivity index (χ1) is 16.9. The largest absolute Gasteiger partial charge is 0.494 e. The summed E-state index contributed by atoms with van der Waals surface area (Å²) >= 11 is 0. The van der Waals surface area contributed by atoms with E-state index in [0.717, 1.165) is 24.2 Å². The molecule has 0 spiro atoms. The van der Waals surface area contributed by atoms with E-state index in [4.69, 9.17) is 20.6 Å². The van der Waals surface area contributed by atoms with Crippen LogP contribution in [0.5, 0.6) is 11.5 Å². The summed E-state index contributed by atoms with van der Waals surface area (Å²) in [6, 6.07) is 10.6. The smallest absolute Gasteiger partial charge is 0.207 e. The van der Waals surface area contributed by atoms with Crippen LogP contribution in [0.1, 0.15) is 69.2 Å². The number of anilines is 2. The number of hydrogen-bond donors (Lipinski definition) is 3. The highest BCUT2D eigenvalue weighted by Crippen LogP contribution is 2.36. The second-order valence-electron chi connectivity index (χ2n) is 9.18. The first-order valence-corrected chi connectivity index (χ1v) is 12.2. The molecule has 0 bridgehead atoms. The number of nitrogen functional groups attached to an aromatic ring is 1. The summed E-state index contributed by atoms with van der Waals surface area (Å²) in [5.41, 5.74) is 8.60. The molecule has 7 nitrogen and oxygen atoms in total. The Labute approximate surface area is 206 Å². The van der Waals surface area contributed by atoms with Crippen molar-refractivity contribution < 1.29 is 13.9 Å². The van der Waals surface area contributed by atoms with Crippen molar-refractivity contribution in [3.63, 3.8) is 0 Å². The average Bonchev–Trinajstić information content (AvgIpc) is 3.52. The maximum atomic E-state index is 15.6. The number of benzene rings is 2. The number of imidazole rings is 1. The van der Waals surface area contributed by atoms with Crippen molar-refractivity contribution in [1.82, 2.24) is 9.97 Å². The van der Waals surface area contributed by atoms with Crippen molar-refractivity contribution in [2.24, 2.45) is 5.73 Å². The number of nitrogens with one attached hydrogen (secondary N) is 2. The fourth-order valence-electron chi connectivity index (χ4n) is 4.52. The highest BCUT2D eigenvalue weighted by molar-refractivity contribution is 5.95. The van der Waals surface area contributed by atoms with Gasteiger partial charge in [0.15, 0.2) is 11.6 Å². The van der Waals surface area contributed by atoms with E-state index in [1.807, 2.05) is 44.0 Å². The van der Waals surface area contributed by atoms with Crippen LogP contribution in [0, 0.1) is 11.2 Å². The molecule has 2 aromatic carbocycles. The fraction of sp³-hybridized carbons (Fsp3) is 0.407. The SMILES string of the molecule is CCOc1cc(CN(c2ccc(C(=N)N)cc2)c2ncc(C3CCCC3)[nH]2)c(F)c(OC(C)C)c1. The molecule has 35 heavy (non-hydrogen) atoms. The second-order valence-corrected chi connectivity index (χ2v) is 9.18. The Morgan fingerprint density at radius 1 is 1.23 bits per heavy atom. The van der Waals surface area contributed by atoms with E-state index < -0.39 is 5.82 Å². The third kappa shape index (κ3) is 5.75. The third-order valence-electron chi connectivity index (χ3n) is 6.21. The molecule has 1 aliphatic rings. The molecule has 8 heteroatoms. The van der Waals surface area contributed by atoms with Crippen LogP contribution in [-0.2, 0) is 6.54 Å². The Balaban J connectivity index is 1.74. The maximum Gasteiger partial charge on any atom is 0.207 e. The lowest BCUT2D eigenvalue weighted by molar-refractivity contribution is 0.228. The predicted octanol–water partition coefficient (Wildman–Crippen LogP) is 6.01. The van der Waals surface area contributed by atoms with Gasteiger partial charge in [-0.05, 0) is 63.9 Å². The van der Waals surface area contributed by atoms with Crippen LogP contribution in [0.4, 0.5) is 16.0 Å². The van der Waals surface area contributed by atoms with Gasteiger partial charge in [-0.1, -0.05) is 12.8 Å². The number of nitrogens with zero attached hydrogens (tertiary/aromatic N) is 2. The monoisotopic (exact) mass is 479 g/mol. The summed E-state index contributed by atoms with van der Waals surface area (Å²) in [6.07, 6.45) is 6.46. The van der Waals surface area contributed by atoms with Crippen molar-refractivity contribution >= 4 is 17.5 Å². The normalized spacial score (nSPS) is 13.9. The molecular weight excluding hydrogens is 445 g/mol. The molecule has 4 rings (SSSR count). The summed E-state index contributed by atoms with van der Waals surface area (Å²) in [5, 5.41) is 7.69. The van der Waals surface area contributed by atoms with Crippen LogP contribution in [0.15, 0.2) is 42.6 Å². The number of rotatable bonds is 10. The van der Waals surface area contributed by atoms with Gasteiger partial charge in [-0.2, -0.15) is 0 Å². The Morgan fingerprint density at radius 3 is 2.57 bits per heavy atom. The van der Waals surface area contributed by atoms with Gasteiger partial charge >= 0.3 is 0 Å². The number of aromatic amines is 1. The molecule has 0 amide bonds. The van der Waals surface area contributed by atoms with E-state index in [2.05, 4.69) is 9.97 Å². The van der Waals surface area contributed by atoms with E-state index in [9.17, 15) is 0 Å². The first-order valence-electron chi connectivity index (χ1n) is 12.2. The molecule has 1 heterocycles. The molecule has 0 atom stereocenters. The van der Waals surface area contributed by atoms with Gasteiger partial charge in [0.1, 0.15) is 11.6 Å². The van der Waals surface area contributed by atoms with E-state index >= 15 is 4.39 Å². The number of hydrogen-bond acceptors (Lipinski definition) is 5. The average molecular weight is 480 g/mol. The number of nitrogens with two attached hydrogens (primary N) is 1. The molecular formula is C27H34FN5O2. The van der Waals surface area contributed by atoms with E-state index in [0.29, 0.717) is 35.3 Å². The first kappa shape index (κ1) is 24.6. The number of aromatic nitrogens is 2. The van der Waals surface area contributed by atoms with Gasteiger partial charge in [0.25, 0.3) is 0 Å². The number of ether oxygens (including phenoxy) is 2. The van der Waals surface area contributed by atoms with Crippen LogP contribution in [0.25, 0.3) is 0 Å². The van der Waals surface area contributed by atoms with Crippen LogP contribution < -0.4 is 20.1 Å². The van der Waals surface area contributed by atoms with Gasteiger partial charge in [0, 0.05) is 34.5 Å². The quantitative estimate of drug-likeness (QED) is 0.244. The van der Waals surface area contributed by atoms with E-state index in [1.165, 1.54) is 12.8 Å². The molecule has 0 unspecified atom stereocenters. The zero-order chi connectivity index (χ0) is 24.9. The summed E-state index contributed by atoms with van der Waals surface area (Å²) in [4.78, 5) is 10.1. The Bertz CT molecular complexity index is 1150. The van der Waals surface area contributed by atoms with E-state index in [1.54, 1.807) is 24.3 Å². The molecule has 0 aliphatic heterocycles. The molecule has 4 N–H and O–H groups in total. The Morgan fingerprint density at radius 2 is 1.94 bits per heavy atom. The minimum Gasteiger partial charge on any atom is -0.494 e. The molecule has 1 aliphatic carbocycles. The van der Waals surface area contributed by atoms with Crippen LogP contribution in [0.2, 0.25) is 0 Å². The fourth-order valence-corrected chi connectivity index (χ4v) is 4.52. The summed E-state index contributed by atoms with van der Waals surface area (Å²) in [6.45, 7) is 6.29. The molecule has 0 radical (unpaired) electrons. The van der Waals surface area contributed by atoms with Gasteiger partial charge < -0.3 is 25.1 Å². The van der Waals surface area contributed by atoms with Crippen molar-refractivity contribution in [3.05, 3.63) is 65.2 Å². The topological polar surface area (TPSA) is 100 Å². The Kier molecular flexibility index (Phi) is 7.58. The van der Waals surface area contributed by atoms with Gasteiger partial charge in [-0.15, -0.1) is 0 Å². The van der Waals surface area contributed by atoms with Crippen LogP contribution in [-0.4, -0.2) is 28.5 Å². The molecule has 0 saturated heterocycles. The zero-order valence-corrected chi connectivity index (χ0v) is 20.6. The number of halogens is 1.